The van der Waals surface area contributed by atoms with Crippen molar-refractivity contribution in [3.05, 3.63) is 178 Å². The predicted molar refractivity (Wildman–Crippen MR) is 237 cm³/mol. The van der Waals surface area contributed by atoms with E-state index in [1.54, 1.807) is 0 Å². The Morgan fingerprint density at radius 1 is 0.518 bits per heavy atom. The van der Waals surface area contributed by atoms with Gasteiger partial charge in [0.05, 0.1) is 11.4 Å². The molecule has 0 spiro atoms. The zero-order valence-electron chi connectivity index (χ0n) is 34.0. The molecule has 0 bridgehead atoms. The van der Waals surface area contributed by atoms with Crippen molar-refractivity contribution in [1.82, 2.24) is 9.97 Å². The van der Waals surface area contributed by atoms with Gasteiger partial charge in [0.25, 0.3) is 0 Å². The Balaban J connectivity index is 1.05. The highest BCUT2D eigenvalue weighted by Crippen LogP contribution is 2.43. The van der Waals surface area contributed by atoms with Crippen LogP contribution < -0.4 is 0 Å². The van der Waals surface area contributed by atoms with Crippen LogP contribution in [0.3, 0.4) is 0 Å². The Labute approximate surface area is 334 Å². The molecule has 0 unspecified atom stereocenters. The first kappa shape index (κ1) is 37.3. The normalized spacial score (nSPS) is 13.8. The molecule has 2 heteroatoms. The second-order valence-electron chi connectivity index (χ2n) is 16.6. The molecule has 0 atom stereocenters. The third-order valence-corrected chi connectivity index (χ3v) is 12.4. The fourth-order valence-corrected chi connectivity index (χ4v) is 9.36. The molecule has 1 aliphatic carbocycles. The average Bonchev–Trinajstić information content (AvgIpc) is 3.22. The fraction of sp³-hybridized carbons (Fsp3) is 0.259. The summed E-state index contributed by atoms with van der Waals surface area (Å²) in [5.74, 6) is 0. The summed E-state index contributed by atoms with van der Waals surface area (Å²) in [7, 11) is 0. The molecule has 8 rings (SSSR count). The summed E-state index contributed by atoms with van der Waals surface area (Å²) < 4.78 is 0. The van der Waals surface area contributed by atoms with Crippen molar-refractivity contribution in [2.24, 2.45) is 0 Å². The number of benzene rings is 5. The summed E-state index contributed by atoms with van der Waals surface area (Å²) in [6, 6.07) is 44.8. The highest BCUT2D eigenvalue weighted by Gasteiger charge is 2.30. The van der Waals surface area contributed by atoms with Gasteiger partial charge in [0.1, 0.15) is 0 Å². The smallest absolute Gasteiger partial charge is 0.0737 e. The van der Waals surface area contributed by atoms with Gasteiger partial charge in [-0.15, -0.1) is 0 Å². The Bertz CT molecular complexity index is 2460. The van der Waals surface area contributed by atoms with Gasteiger partial charge in [-0.25, -0.2) is 0 Å². The Morgan fingerprint density at radius 3 is 1.82 bits per heavy atom. The molecule has 56 heavy (non-hydrogen) atoms. The van der Waals surface area contributed by atoms with E-state index in [1.165, 1.54) is 110 Å². The molecule has 0 amide bonds. The van der Waals surface area contributed by atoms with E-state index < -0.39 is 0 Å². The van der Waals surface area contributed by atoms with Crippen molar-refractivity contribution in [2.45, 2.75) is 91.9 Å². The maximum absolute atomic E-state index is 5.04. The third kappa shape index (κ3) is 7.63. The predicted octanol–water partition coefficient (Wildman–Crippen LogP) is 14.4. The van der Waals surface area contributed by atoms with E-state index in [1.807, 2.05) is 18.3 Å². The Morgan fingerprint density at radius 2 is 1.14 bits per heavy atom. The molecule has 1 fully saturated rings. The number of aromatic nitrogens is 2. The molecule has 1 saturated carbocycles. The summed E-state index contributed by atoms with van der Waals surface area (Å²) >= 11 is 0. The number of nitrogens with zero attached hydrogens (tertiary/aromatic N) is 2. The van der Waals surface area contributed by atoms with E-state index >= 15 is 0 Å². The molecular weight excluding hydrogens is 677 g/mol. The van der Waals surface area contributed by atoms with Crippen LogP contribution in [0.1, 0.15) is 83.5 Å². The van der Waals surface area contributed by atoms with E-state index in [-0.39, 0.29) is 5.41 Å². The van der Waals surface area contributed by atoms with Gasteiger partial charge in [0, 0.05) is 23.5 Å². The summed E-state index contributed by atoms with van der Waals surface area (Å²) in [5, 5.41) is 0. The van der Waals surface area contributed by atoms with Crippen LogP contribution in [0.25, 0.3) is 55.9 Å². The number of hydrogen-bond acceptors (Lipinski definition) is 2. The number of aryl methyl sites for hydroxylation is 6. The Kier molecular flexibility index (Phi) is 10.6. The zero-order valence-corrected chi connectivity index (χ0v) is 34.0. The summed E-state index contributed by atoms with van der Waals surface area (Å²) in [6.07, 6.45) is 12.5. The van der Waals surface area contributed by atoms with Crippen molar-refractivity contribution in [3.8, 4) is 55.9 Å². The average molecular weight is 731 g/mol. The lowest BCUT2D eigenvalue weighted by atomic mass is 9.70. The maximum Gasteiger partial charge on any atom is 0.0737 e. The van der Waals surface area contributed by atoms with Crippen molar-refractivity contribution < 1.29 is 0 Å². The van der Waals surface area contributed by atoms with Gasteiger partial charge in [-0.05, 0) is 150 Å². The van der Waals surface area contributed by atoms with Gasteiger partial charge in [-0.2, -0.15) is 0 Å². The van der Waals surface area contributed by atoms with Crippen molar-refractivity contribution in [3.63, 3.8) is 0 Å². The summed E-state index contributed by atoms with van der Waals surface area (Å²) in [4.78, 5) is 9.54. The lowest BCUT2D eigenvalue weighted by Crippen LogP contribution is -2.25. The monoisotopic (exact) mass is 730 g/mol. The molecule has 0 aliphatic heterocycles. The highest BCUT2D eigenvalue weighted by atomic mass is 14.7. The molecule has 280 valence electrons. The minimum absolute atomic E-state index is 0.288. The lowest BCUT2D eigenvalue weighted by molar-refractivity contribution is 0.319. The van der Waals surface area contributed by atoms with Crippen LogP contribution in [-0.2, 0) is 18.3 Å². The van der Waals surface area contributed by atoms with Crippen LogP contribution in [0.4, 0.5) is 0 Å². The molecule has 0 radical (unpaired) electrons. The van der Waals surface area contributed by atoms with Crippen LogP contribution in [0, 0.1) is 34.6 Å². The molecule has 0 saturated heterocycles. The molecule has 2 aromatic heterocycles. The quantitative estimate of drug-likeness (QED) is 0.148. The van der Waals surface area contributed by atoms with Gasteiger partial charge in [0.2, 0.25) is 0 Å². The molecule has 5 aromatic carbocycles. The highest BCUT2D eigenvalue weighted by molar-refractivity contribution is 5.86. The SMILES string of the molecule is Cc1cc(CCc2ccc(-c3ccccn3)cc2)cc(-c2ccccc2-c2ccc(-c3ncc(C)c(-c4c(C)cc(C5(C)CCCCC5)cc4C)c3C)cc2)c1. The number of pyridine rings is 2. The minimum atomic E-state index is 0.288. The van der Waals surface area contributed by atoms with E-state index in [9.17, 15) is 0 Å². The molecular formula is C54H54N2. The van der Waals surface area contributed by atoms with Gasteiger partial charge < -0.3 is 0 Å². The first-order chi connectivity index (χ1) is 27.2. The first-order valence-corrected chi connectivity index (χ1v) is 20.6. The largest absolute Gasteiger partial charge is 0.256 e. The van der Waals surface area contributed by atoms with Gasteiger partial charge in [-0.3, -0.25) is 9.97 Å². The number of hydrogen-bond donors (Lipinski definition) is 0. The van der Waals surface area contributed by atoms with Crippen LogP contribution in [0.2, 0.25) is 0 Å². The van der Waals surface area contributed by atoms with Crippen LogP contribution in [0.15, 0.2) is 134 Å². The van der Waals surface area contributed by atoms with Crippen molar-refractivity contribution in [2.75, 3.05) is 0 Å². The second-order valence-corrected chi connectivity index (χ2v) is 16.6. The van der Waals surface area contributed by atoms with E-state index in [4.69, 9.17) is 4.98 Å². The molecule has 2 nitrogen and oxygen atoms in total. The zero-order chi connectivity index (χ0) is 38.8. The standard InChI is InChI=1S/C54H54N2/c1-36-30-42(18-17-41-19-21-44(22-20-41)50-16-10-13-29-55-50)34-46(31-36)49-15-9-8-14-48(49)43-23-25-45(26-24-43)53-40(5)52(39(4)35-56-53)51-37(2)32-47(33-38(51)3)54(6)27-11-7-12-28-54/h8-10,13-16,19-26,29-35H,7,11-12,17-18,27-28H2,1-6H3. The van der Waals surface area contributed by atoms with Gasteiger partial charge in [-0.1, -0.05) is 141 Å². The van der Waals surface area contributed by atoms with E-state index in [0.717, 1.165) is 35.4 Å². The molecule has 2 heterocycles. The van der Waals surface area contributed by atoms with Crippen molar-refractivity contribution in [1.29, 1.82) is 0 Å². The topological polar surface area (TPSA) is 25.8 Å². The summed E-state index contributed by atoms with van der Waals surface area (Å²) in [5.41, 5.74) is 23.1. The molecule has 7 aromatic rings. The lowest BCUT2D eigenvalue weighted by Gasteiger charge is -2.35. The number of rotatable bonds is 9. The van der Waals surface area contributed by atoms with E-state index in [2.05, 4.69) is 162 Å². The minimum Gasteiger partial charge on any atom is -0.256 e. The fourth-order valence-electron chi connectivity index (χ4n) is 9.36. The van der Waals surface area contributed by atoms with Crippen LogP contribution >= 0.6 is 0 Å². The van der Waals surface area contributed by atoms with Gasteiger partial charge >= 0.3 is 0 Å². The van der Waals surface area contributed by atoms with Crippen LogP contribution in [0.5, 0.6) is 0 Å². The summed E-state index contributed by atoms with van der Waals surface area (Å²) in [6.45, 7) is 13.8. The maximum atomic E-state index is 5.04. The Hall–Kier alpha value is -5.60. The molecule has 1 aliphatic rings. The second kappa shape index (κ2) is 15.9. The van der Waals surface area contributed by atoms with Crippen LogP contribution in [-0.4, -0.2) is 9.97 Å². The van der Waals surface area contributed by atoms with E-state index in [0.29, 0.717) is 0 Å². The third-order valence-electron chi connectivity index (χ3n) is 12.4. The first-order valence-electron chi connectivity index (χ1n) is 20.6. The molecule has 0 N–H and O–H groups in total. The van der Waals surface area contributed by atoms with Gasteiger partial charge in [0.15, 0.2) is 0 Å². The van der Waals surface area contributed by atoms with Crippen molar-refractivity contribution >= 4 is 0 Å².